The molecule has 3 heteroatoms. The molecule has 0 atom stereocenters. The van der Waals surface area contributed by atoms with Gasteiger partial charge in [0.05, 0.1) is 6.54 Å². The lowest BCUT2D eigenvalue weighted by Gasteiger charge is -2.25. The number of carbonyl (C=O) groups excluding carboxylic acids is 1. The Balaban J connectivity index is 1.90. The van der Waals surface area contributed by atoms with Crippen LogP contribution >= 0.6 is 0 Å². The second-order valence-corrected chi connectivity index (χ2v) is 7.75. The molecule has 0 saturated heterocycles. The molecule has 0 radical (unpaired) electrons. The summed E-state index contributed by atoms with van der Waals surface area (Å²) in [5.41, 5.74) is 4.67. The number of rotatable bonds is 6. The molecule has 3 nitrogen and oxygen atoms in total. The van der Waals surface area contributed by atoms with Crippen molar-refractivity contribution in [3.63, 3.8) is 0 Å². The van der Waals surface area contributed by atoms with Crippen LogP contribution < -0.4 is 5.32 Å². The summed E-state index contributed by atoms with van der Waals surface area (Å²) in [6, 6.07) is 2.04. The number of Topliss-reactive ketones (excluding diaryl/α,β-unsaturated/α-hetero) is 1. The van der Waals surface area contributed by atoms with Crippen molar-refractivity contribution in [2.24, 2.45) is 0 Å². The van der Waals surface area contributed by atoms with Crippen LogP contribution in [0, 0.1) is 13.8 Å². The molecule has 128 valence electrons. The first-order valence-electron chi connectivity index (χ1n) is 8.92. The third kappa shape index (κ3) is 4.57. The van der Waals surface area contributed by atoms with Gasteiger partial charge in [-0.2, -0.15) is 0 Å². The predicted molar refractivity (Wildman–Crippen MR) is 97.3 cm³/mol. The van der Waals surface area contributed by atoms with Gasteiger partial charge in [-0.05, 0) is 79.3 Å². The first-order chi connectivity index (χ1) is 10.8. The third-order valence-electron chi connectivity index (χ3n) is 4.70. The van der Waals surface area contributed by atoms with E-state index in [4.69, 9.17) is 0 Å². The van der Waals surface area contributed by atoms with Gasteiger partial charge in [0.25, 0.3) is 0 Å². The minimum Gasteiger partial charge on any atom is -0.343 e. The van der Waals surface area contributed by atoms with E-state index < -0.39 is 0 Å². The fourth-order valence-corrected chi connectivity index (χ4v) is 3.76. The summed E-state index contributed by atoms with van der Waals surface area (Å²) in [5.74, 6) is 0.200. The molecule has 2 rings (SSSR count). The van der Waals surface area contributed by atoms with Gasteiger partial charge >= 0.3 is 0 Å². The van der Waals surface area contributed by atoms with Crippen molar-refractivity contribution >= 4 is 5.78 Å². The number of carbonyl (C=O) groups is 1. The molecular weight excluding hydrogens is 284 g/mol. The maximum absolute atomic E-state index is 12.5. The summed E-state index contributed by atoms with van der Waals surface area (Å²) in [4.78, 5) is 12.5. The number of nitrogens with one attached hydrogen (secondary N) is 1. The lowest BCUT2D eigenvalue weighted by molar-refractivity contribution is 0.0990. The molecule has 1 aliphatic rings. The molecule has 0 aromatic carbocycles. The highest BCUT2D eigenvalue weighted by Gasteiger charge is 2.22. The molecule has 1 heterocycles. The number of aryl methyl sites for hydroxylation is 1. The standard InChI is InChI=1S/C20H32N2O/c1-15-13-18(16(2)22(15)20(3,4)5)19(23)14-21-12-11-17-9-7-6-8-10-17/h9,13,21H,6-8,10-12,14H2,1-5H3. The fraction of sp³-hybridized carbons (Fsp3) is 0.650. The normalized spacial score (nSPS) is 15.6. The van der Waals surface area contributed by atoms with Crippen molar-refractivity contribution in [3.8, 4) is 0 Å². The molecule has 0 amide bonds. The van der Waals surface area contributed by atoms with E-state index in [1.54, 1.807) is 5.57 Å². The predicted octanol–water partition coefficient (Wildman–Crippen LogP) is 4.52. The van der Waals surface area contributed by atoms with Gasteiger partial charge in [0, 0.05) is 22.5 Å². The highest BCUT2D eigenvalue weighted by molar-refractivity contribution is 5.99. The Morgan fingerprint density at radius 2 is 2.00 bits per heavy atom. The Hall–Kier alpha value is -1.35. The summed E-state index contributed by atoms with van der Waals surface area (Å²) in [7, 11) is 0. The molecule has 0 unspecified atom stereocenters. The topological polar surface area (TPSA) is 34.0 Å². The average molecular weight is 316 g/mol. The van der Waals surface area contributed by atoms with E-state index in [9.17, 15) is 4.79 Å². The van der Waals surface area contributed by atoms with Gasteiger partial charge in [0.1, 0.15) is 0 Å². The van der Waals surface area contributed by atoms with Crippen LogP contribution in [0.15, 0.2) is 17.7 Å². The van der Waals surface area contributed by atoms with Gasteiger partial charge < -0.3 is 9.88 Å². The molecular formula is C20H32N2O. The third-order valence-corrected chi connectivity index (χ3v) is 4.70. The SMILES string of the molecule is Cc1cc(C(=O)CNCCC2=CCCCC2)c(C)n1C(C)(C)C. The average Bonchev–Trinajstić information content (AvgIpc) is 2.79. The Morgan fingerprint density at radius 1 is 1.26 bits per heavy atom. The zero-order chi connectivity index (χ0) is 17.0. The monoisotopic (exact) mass is 316 g/mol. The Kier molecular flexibility index (Phi) is 5.85. The van der Waals surface area contributed by atoms with E-state index in [0.717, 1.165) is 29.9 Å². The van der Waals surface area contributed by atoms with Gasteiger partial charge in [0.15, 0.2) is 5.78 Å². The fourth-order valence-electron chi connectivity index (χ4n) is 3.76. The van der Waals surface area contributed by atoms with Gasteiger partial charge in [-0.3, -0.25) is 4.79 Å². The molecule has 0 spiro atoms. The number of aromatic nitrogens is 1. The number of ketones is 1. The molecule has 0 saturated carbocycles. The van der Waals surface area contributed by atoms with E-state index in [2.05, 4.69) is 50.6 Å². The van der Waals surface area contributed by atoms with Gasteiger partial charge in [-0.1, -0.05) is 11.6 Å². The summed E-state index contributed by atoms with van der Waals surface area (Å²) in [5, 5.41) is 3.33. The molecule has 23 heavy (non-hydrogen) atoms. The molecule has 1 aliphatic carbocycles. The summed E-state index contributed by atoms with van der Waals surface area (Å²) < 4.78 is 2.26. The van der Waals surface area contributed by atoms with Gasteiger partial charge in [-0.25, -0.2) is 0 Å². The van der Waals surface area contributed by atoms with Crippen molar-refractivity contribution in [1.29, 1.82) is 0 Å². The van der Waals surface area contributed by atoms with Crippen LogP contribution in [0.25, 0.3) is 0 Å². The second kappa shape index (κ2) is 7.48. The van der Waals surface area contributed by atoms with Crippen molar-refractivity contribution in [1.82, 2.24) is 9.88 Å². The molecule has 1 N–H and O–H groups in total. The minimum absolute atomic E-state index is 0.00752. The Morgan fingerprint density at radius 3 is 2.57 bits per heavy atom. The number of nitrogens with zero attached hydrogens (tertiary/aromatic N) is 1. The molecule has 0 fully saturated rings. The number of allylic oxidation sites excluding steroid dienone is 1. The Labute approximate surface area is 141 Å². The maximum Gasteiger partial charge on any atom is 0.178 e. The zero-order valence-electron chi connectivity index (χ0n) is 15.5. The van der Waals surface area contributed by atoms with Crippen LogP contribution in [0.4, 0.5) is 0 Å². The van der Waals surface area contributed by atoms with E-state index in [-0.39, 0.29) is 11.3 Å². The highest BCUT2D eigenvalue weighted by Crippen LogP contribution is 2.24. The largest absolute Gasteiger partial charge is 0.343 e. The number of hydrogen-bond acceptors (Lipinski definition) is 2. The molecule has 1 aromatic heterocycles. The van der Waals surface area contributed by atoms with Crippen molar-refractivity contribution < 1.29 is 4.79 Å². The minimum atomic E-state index is 0.00752. The first kappa shape index (κ1) is 18.0. The van der Waals surface area contributed by atoms with Crippen molar-refractivity contribution in [2.75, 3.05) is 13.1 Å². The summed E-state index contributed by atoms with van der Waals surface area (Å²) in [6.07, 6.45) is 8.58. The van der Waals surface area contributed by atoms with Crippen molar-refractivity contribution in [3.05, 3.63) is 34.7 Å². The van der Waals surface area contributed by atoms with Crippen LogP contribution in [0.5, 0.6) is 0 Å². The van der Waals surface area contributed by atoms with Crippen LogP contribution in [0.1, 0.15) is 74.6 Å². The lowest BCUT2D eigenvalue weighted by atomic mass is 9.97. The van der Waals surface area contributed by atoms with Gasteiger partial charge in [0.2, 0.25) is 0 Å². The smallest absolute Gasteiger partial charge is 0.178 e. The Bertz CT molecular complexity index is 588. The lowest BCUT2D eigenvalue weighted by Crippen LogP contribution is -2.26. The molecule has 0 bridgehead atoms. The quantitative estimate of drug-likeness (QED) is 0.475. The van der Waals surface area contributed by atoms with Crippen LogP contribution in [0.2, 0.25) is 0 Å². The maximum atomic E-state index is 12.5. The highest BCUT2D eigenvalue weighted by atomic mass is 16.1. The van der Waals surface area contributed by atoms with E-state index in [0.29, 0.717) is 6.54 Å². The summed E-state index contributed by atoms with van der Waals surface area (Å²) >= 11 is 0. The molecule has 1 aromatic rings. The van der Waals surface area contributed by atoms with Crippen LogP contribution in [0.3, 0.4) is 0 Å². The van der Waals surface area contributed by atoms with E-state index >= 15 is 0 Å². The zero-order valence-corrected chi connectivity index (χ0v) is 15.5. The van der Waals surface area contributed by atoms with Crippen LogP contribution in [-0.2, 0) is 5.54 Å². The first-order valence-corrected chi connectivity index (χ1v) is 8.92. The van der Waals surface area contributed by atoms with Crippen LogP contribution in [-0.4, -0.2) is 23.4 Å². The summed E-state index contributed by atoms with van der Waals surface area (Å²) in [6.45, 7) is 12.0. The second-order valence-electron chi connectivity index (χ2n) is 7.75. The van der Waals surface area contributed by atoms with Crippen molar-refractivity contribution in [2.45, 2.75) is 72.3 Å². The van der Waals surface area contributed by atoms with E-state index in [1.165, 1.54) is 25.7 Å². The van der Waals surface area contributed by atoms with E-state index in [1.807, 2.05) is 6.07 Å². The molecule has 0 aliphatic heterocycles. The van der Waals surface area contributed by atoms with Gasteiger partial charge in [-0.15, -0.1) is 0 Å². The number of hydrogen-bond donors (Lipinski definition) is 1.